The molecular weight excluding hydrogens is 294 g/mol. The number of anilines is 1. The minimum Gasteiger partial charge on any atom is -0.394 e. The van der Waals surface area contributed by atoms with Crippen LogP contribution in [0.2, 0.25) is 0 Å². The van der Waals surface area contributed by atoms with Gasteiger partial charge >= 0.3 is 5.69 Å². The molecule has 0 aromatic carbocycles. The molecule has 21 heavy (non-hydrogen) atoms. The van der Waals surface area contributed by atoms with E-state index in [1.165, 1.54) is 15.9 Å². The van der Waals surface area contributed by atoms with E-state index >= 15 is 0 Å². The molecule has 0 aliphatic carbocycles. The maximum absolute atomic E-state index is 12.0. The third kappa shape index (κ3) is 2.58. The van der Waals surface area contributed by atoms with Gasteiger partial charge in [0.1, 0.15) is 18.1 Å². The van der Waals surface area contributed by atoms with Crippen LogP contribution < -0.4 is 11.4 Å². The van der Waals surface area contributed by atoms with E-state index in [9.17, 15) is 9.90 Å². The molecule has 3 heterocycles. The van der Waals surface area contributed by atoms with E-state index in [1.54, 1.807) is 6.20 Å². The van der Waals surface area contributed by atoms with E-state index < -0.39 is 24.1 Å². The van der Waals surface area contributed by atoms with Crippen LogP contribution in [0.25, 0.3) is 10.4 Å². The second-order valence-corrected chi connectivity index (χ2v) is 5.77. The Hall–Kier alpha value is -1.74. The SMILES string of the molecule is Nc1nc(=O)n([C@@H]2C[C@H](O)[C@@H](CO)O2)cc1-c1cccs1. The highest BCUT2D eigenvalue weighted by Crippen LogP contribution is 2.31. The fourth-order valence-corrected chi connectivity index (χ4v) is 3.10. The fraction of sp³-hybridized carbons (Fsp3) is 0.385. The molecule has 8 heteroatoms. The summed E-state index contributed by atoms with van der Waals surface area (Å²) in [5, 5.41) is 20.8. The van der Waals surface area contributed by atoms with Gasteiger partial charge < -0.3 is 20.7 Å². The molecule has 0 radical (unpaired) electrons. The van der Waals surface area contributed by atoms with E-state index in [-0.39, 0.29) is 18.8 Å². The molecule has 1 aliphatic rings. The molecule has 1 saturated heterocycles. The van der Waals surface area contributed by atoms with Crippen molar-refractivity contribution in [1.29, 1.82) is 0 Å². The van der Waals surface area contributed by atoms with Crippen molar-refractivity contribution in [3.63, 3.8) is 0 Å². The lowest BCUT2D eigenvalue weighted by Gasteiger charge is -2.15. The number of nitrogen functional groups attached to an aromatic ring is 1. The molecule has 2 aromatic heterocycles. The van der Waals surface area contributed by atoms with Gasteiger partial charge in [-0.25, -0.2) is 4.79 Å². The van der Waals surface area contributed by atoms with Crippen molar-refractivity contribution in [3.8, 4) is 10.4 Å². The molecule has 4 N–H and O–H groups in total. The lowest BCUT2D eigenvalue weighted by molar-refractivity contribution is -0.0458. The maximum atomic E-state index is 12.0. The molecule has 3 atom stereocenters. The number of aromatic nitrogens is 2. The molecule has 0 saturated carbocycles. The molecule has 0 spiro atoms. The molecular formula is C13H15N3O4S. The number of aliphatic hydroxyl groups excluding tert-OH is 2. The van der Waals surface area contributed by atoms with Crippen molar-refractivity contribution in [3.05, 3.63) is 34.2 Å². The lowest BCUT2D eigenvalue weighted by Crippen LogP contribution is -2.28. The van der Waals surface area contributed by atoms with Gasteiger partial charge in [-0.3, -0.25) is 4.57 Å². The Balaban J connectivity index is 2.00. The Morgan fingerprint density at radius 2 is 2.38 bits per heavy atom. The van der Waals surface area contributed by atoms with Gasteiger partial charge in [0.25, 0.3) is 0 Å². The molecule has 1 fully saturated rings. The van der Waals surface area contributed by atoms with Crippen molar-refractivity contribution >= 4 is 17.2 Å². The number of hydrogen-bond donors (Lipinski definition) is 3. The highest BCUT2D eigenvalue weighted by atomic mass is 32.1. The average Bonchev–Trinajstić information content (AvgIpc) is 3.08. The average molecular weight is 309 g/mol. The number of nitrogens with two attached hydrogens (primary N) is 1. The Bertz CT molecular complexity index is 685. The van der Waals surface area contributed by atoms with Gasteiger partial charge in [-0.05, 0) is 11.4 Å². The normalized spacial score (nSPS) is 25.3. The molecule has 112 valence electrons. The standard InChI is InChI=1S/C13H15N3O4S/c14-12-7(10-2-1-3-21-10)5-16(13(19)15-12)11-4-8(18)9(6-17)20-11/h1-3,5,8-9,11,17-18H,4,6H2,(H2,14,15,19)/t8-,9+,11-/m0/s1. The zero-order valence-electron chi connectivity index (χ0n) is 11.0. The van der Waals surface area contributed by atoms with Gasteiger partial charge in [0.2, 0.25) is 0 Å². The zero-order chi connectivity index (χ0) is 15.0. The summed E-state index contributed by atoms with van der Waals surface area (Å²) in [4.78, 5) is 16.7. The largest absolute Gasteiger partial charge is 0.394 e. The predicted octanol–water partition coefficient (Wildman–Crippen LogP) is 0.195. The Morgan fingerprint density at radius 3 is 3.00 bits per heavy atom. The molecule has 1 aliphatic heterocycles. The first kappa shape index (κ1) is 14.2. The van der Waals surface area contributed by atoms with Crippen LogP contribution in [0.3, 0.4) is 0 Å². The maximum Gasteiger partial charge on any atom is 0.351 e. The van der Waals surface area contributed by atoms with Crippen LogP contribution in [-0.4, -0.2) is 38.6 Å². The van der Waals surface area contributed by atoms with E-state index in [4.69, 9.17) is 15.6 Å². The number of thiophene rings is 1. The topological polar surface area (TPSA) is 111 Å². The van der Waals surface area contributed by atoms with Crippen molar-refractivity contribution in [1.82, 2.24) is 9.55 Å². The van der Waals surface area contributed by atoms with E-state index in [0.717, 1.165) is 4.88 Å². The summed E-state index contributed by atoms with van der Waals surface area (Å²) in [6.45, 7) is -0.299. The van der Waals surface area contributed by atoms with E-state index in [0.29, 0.717) is 5.56 Å². The van der Waals surface area contributed by atoms with E-state index in [2.05, 4.69) is 4.98 Å². The zero-order valence-corrected chi connectivity index (χ0v) is 11.9. The first-order valence-electron chi connectivity index (χ1n) is 6.47. The van der Waals surface area contributed by atoms with Crippen LogP contribution >= 0.6 is 11.3 Å². The van der Waals surface area contributed by atoms with Crippen LogP contribution in [0.1, 0.15) is 12.6 Å². The summed E-state index contributed by atoms with van der Waals surface area (Å²) >= 11 is 1.49. The molecule has 7 nitrogen and oxygen atoms in total. The summed E-state index contributed by atoms with van der Waals surface area (Å²) in [7, 11) is 0. The quantitative estimate of drug-likeness (QED) is 0.747. The van der Waals surface area contributed by atoms with Crippen molar-refractivity contribution in [2.45, 2.75) is 24.9 Å². The number of aliphatic hydroxyl groups is 2. The highest BCUT2D eigenvalue weighted by Gasteiger charge is 2.35. The minimum absolute atomic E-state index is 0.163. The van der Waals surface area contributed by atoms with Crippen LogP contribution in [0, 0.1) is 0 Å². The molecule has 0 amide bonds. The predicted molar refractivity (Wildman–Crippen MR) is 77.8 cm³/mol. The second kappa shape index (κ2) is 5.57. The third-order valence-corrected chi connectivity index (χ3v) is 4.37. The van der Waals surface area contributed by atoms with Crippen molar-refractivity contribution in [2.24, 2.45) is 0 Å². The van der Waals surface area contributed by atoms with Crippen LogP contribution in [0.5, 0.6) is 0 Å². The van der Waals surface area contributed by atoms with Crippen LogP contribution in [0.4, 0.5) is 5.82 Å². The van der Waals surface area contributed by atoms with E-state index in [1.807, 2.05) is 17.5 Å². The van der Waals surface area contributed by atoms with Gasteiger partial charge in [-0.15, -0.1) is 11.3 Å². The lowest BCUT2D eigenvalue weighted by atomic mass is 10.2. The Labute approximate surface area is 124 Å². The van der Waals surface area contributed by atoms with Gasteiger partial charge in [0, 0.05) is 17.5 Å². The first-order chi connectivity index (χ1) is 10.1. The van der Waals surface area contributed by atoms with Crippen LogP contribution in [0.15, 0.2) is 28.5 Å². The summed E-state index contributed by atoms with van der Waals surface area (Å²) in [5.74, 6) is 0.163. The molecule has 0 bridgehead atoms. The minimum atomic E-state index is -0.811. The Kier molecular flexibility index (Phi) is 3.77. The van der Waals surface area contributed by atoms with Crippen molar-refractivity contribution in [2.75, 3.05) is 12.3 Å². The summed E-state index contributed by atoms with van der Waals surface area (Å²) in [6, 6.07) is 3.76. The Morgan fingerprint density at radius 1 is 1.57 bits per heavy atom. The second-order valence-electron chi connectivity index (χ2n) is 4.82. The summed E-state index contributed by atoms with van der Waals surface area (Å²) < 4.78 is 6.80. The molecule has 2 aromatic rings. The van der Waals surface area contributed by atoms with Crippen LogP contribution in [-0.2, 0) is 4.74 Å². The number of ether oxygens (including phenoxy) is 1. The first-order valence-corrected chi connectivity index (χ1v) is 7.35. The van der Waals surface area contributed by atoms with Gasteiger partial charge in [0.15, 0.2) is 0 Å². The molecule has 0 unspecified atom stereocenters. The summed E-state index contributed by atoms with van der Waals surface area (Å²) in [6.07, 6.45) is -0.343. The monoisotopic (exact) mass is 309 g/mol. The highest BCUT2D eigenvalue weighted by molar-refractivity contribution is 7.13. The van der Waals surface area contributed by atoms with Gasteiger partial charge in [0.05, 0.1) is 18.3 Å². The van der Waals surface area contributed by atoms with Gasteiger partial charge in [-0.2, -0.15) is 4.98 Å². The van der Waals surface area contributed by atoms with Gasteiger partial charge in [-0.1, -0.05) is 6.07 Å². The molecule has 3 rings (SSSR count). The van der Waals surface area contributed by atoms with Crippen molar-refractivity contribution < 1.29 is 14.9 Å². The number of hydrogen-bond acceptors (Lipinski definition) is 7. The fourth-order valence-electron chi connectivity index (χ4n) is 2.36. The smallest absolute Gasteiger partial charge is 0.351 e. The number of nitrogens with zero attached hydrogens (tertiary/aromatic N) is 2. The third-order valence-electron chi connectivity index (χ3n) is 3.46. The summed E-state index contributed by atoms with van der Waals surface area (Å²) in [5.41, 5.74) is 5.92. The number of rotatable bonds is 3.